The van der Waals surface area contributed by atoms with Crippen molar-refractivity contribution in [3.8, 4) is 0 Å². The zero-order chi connectivity index (χ0) is 54.3. The molecule has 0 aliphatic rings. The van der Waals surface area contributed by atoms with E-state index in [1.165, 1.54) is 51.4 Å². The third-order valence-electron chi connectivity index (χ3n) is 11.7. The van der Waals surface area contributed by atoms with Crippen molar-refractivity contribution < 1.29 is 28.6 Å². The van der Waals surface area contributed by atoms with Crippen LogP contribution in [0.25, 0.3) is 0 Å². The molecule has 1 unspecified atom stereocenters. The van der Waals surface area contributed by atoms with Crippen LogP contribution in [0.1, 0.15) is 226 Å². The third kappa shape index (κ3) is 59.5. The van der Waals surface area contributed by atoms with Crippen molar-refractivity contribution in [1.82, 2.24) is 0 Å². The zero-order valence-electron chi connectivity index (χ0n) is 47.7. The average Bonchev–Trinajstić information content (AvgIpc) is 3.41. The van der Waals surface area contributed by atoms with Crippen LogP contribution in [-0.4, -0.2) is 37.2 Å². The van der Waals surface area contributed by atoms with Gasteiger partial charge in [-0.25, -0.2) is 0 Å². The largest absolute Gasteiger partial charge is 0.462 e. The van der Waals surface area contributed by atoms with Gasteiger partial charge in [0.2, 0.25) is 0 Å². The number of hydrogen-bond acceptors (Lipinski definition) is 6. The first-order valence-corrected chi connectivity index (χ1v) is 29.6. The molecule has 0 aromatic carbocycles. The molecule has 0 fully saturated rings. The van der Waals surface area contributed by atoms with E-state index in [2.05, 4.69) is 179 Å². The number of esters is 3. The van der Waals surface area contributed by atoms with Crippen molar-refractivity contribution in [2.24, 2.45) is 0 Å². The lowest BCUT2D eigenvalue weighted by Crippen LogP contribution is -2.30. The number of hydrogen-bond donors (Lipinski definition) is 0. The van der Waals surface area contributed by atoms with Gasteiger partial charge in [-0.15, -0.1) is 0 Å². The molecule has 0 aliphatic carbocycles. The highest BCUT2D eigenvalue weighted by Crippen LogP contribution is 2.12. The molecular weight excluding hydrogens is 925 g/mol. The van der Waals surface area contributed by atoms with Gasteiger partial charge in [-0.05, 0) is 135 Å². The van der Waals surface area contributed by atoms with Gasteiger partial charge in [-0.3, -0.25) is 14.4 Å². The van der Waals surface area contributed by atoms with Gasteiger partial charge in [0.1, 0.15) is 13.2 Å². The lowest BCUT2D eigenvalue weighted by Gasteiger charge is -2.18. The molecule has 6 nitrogen and oxygen atoms in total. The highest BCUT2D eigenvalue weighted by Gasteiger charge is 2.19. The lowest BCUT2D eigenvalue weighted by atomic mass is 10.1. The Labute approximate surface area is 460 Å². The standard InChI is InChI=1S/C69H106O6/c1-4-7-10-13-16-19-22-25-28-30-32-33-34-35-37-38-41-44-47-50-53-56-59-62-68(71)74-65-66(64-73-67(70)61-58-55-52-49-46-43-40-27-24-21-18-15-12-9-6-3)75-69(72)63-60-57-54-51-48-45-42-39-36-31-29-26-23-20-17-14-11-8-5-2/h7-8,10-11,16-17,19-20,25-29,32-33,35-37,39-41,44-45,48,50,53-54,57,66H,4-6,9,12-15,18,21-24,30-31,34,38,42-43,46-47,49,51-52,55-56,58-65H2,1-3H3/b10-7-,11-8-,19-16-,20-17-,28-25-,29-26-,33-32-,37-35-,39-36-,40-27-,44-41-,48-45-,53-50-,57-54-. The molecule has 0 saturated heterocycles. The Bertz CT molecular complexity index is 1750. The fourth-order valence-electron chi connectivity index (χ4n) is 7.33. The van der Waals surface area contributed by atoms with Crippen molar-refractivity contribution in [3.63, 3.8) is 0 Å². The van der Waals surface area contributed by atoms with Crippen LogP contribution in [0.15, 0.2) is 170 Å². The minimum Gasteiger partial charge on any atom is -0.462 e. The van der Waals surface area contributed by atoms with Crippen molar-refractivity contribution in [3.05, 3.63) is 170 Å². The highest BCUT2D eigenvalue weighted by atomic mass is 16.6. The molecule has 0 aromatic heterocycles. The quantitative estimate of drug-likeness (QED) is 0.0261. The first-order valence-electron chi connectivity index (χ1n) is 29.6. The minimum atomic E-state index is -0.855. The van der Waals surface area contributed by atoms with Gasteiger partial charge in [0.05, 0.1) is 0 Å². The second-order valence-electron chi connectivity index (χ2n) is 18.8. The Morgan fingerprint density at radius 1 is 0.280 bits per heavy atom. The first-order chi connectivity index (χ1) is 37.0. The van der Waals surface area contributed by atoms with Crippen LogP contribution < -0.4 is 0 Å². The summed E-state index contributed by atoms with van der Waals surface area (Å²) in [5, 5.41) is 0. The molecule has 0 aromatic rings. The molecule has 418 valence electrons. The summed E-state index contributed by atoms with van der Waals surface area (Å²) < 4.78 is 16.7. The van der Waals surface area contributed by atoms with E-state index in [1.807, 2.05) is 12.2 Å². The van der Waals surface area contributed by atoms with E-state index in [-0.39, 0.29) is 38.0 Å². The fraction of sp³-hybridized carbons (Fsp3) is 0.551. The van der Waals surface area contributed by atoms with E-state index in [4.69, 9.17) is 14.2 Å². The molecule has 0 bridgehead atoms. The molecule has 0 spiro atoms. The summed E-state index contributed by atoms with van der Waals surface area (Å²) >= 11 is 0. The Morgan fingerprint density at radius 2 is 0.560 bits per heavy atom. The maximum Gasteiger partial charge on any atom is 0.306 e. The summed E-state index contributed by atoms with van der Waals surface area (Å²) in [7, 11) is 0. The van der Waals surface area contributed by atoms with Crippen LogP contribution in [0.4, 0.5) is 0 Å². The molecular formula is C69H106O6. The van der Waals surface area contributed by atoms with E-state index in [0.29, 0.717) is 19.3 Å². The minimum absolute atomic E-state index is 0.139. The maximum absolute atomic E-state index is 12.8. The van der Waals surface area contributed by atoms with Crippen LogP contribution in [0.5, 0.6) is 0 Å². The normalized spacial score (nSPS) is 13.4. The van der Waals surface area contributed by atoms with Gasteiger partial charge in [0.15, 0.2) is 6.10 Å². The van der Waals surface area contributed by atoms with Gasteiger partial charge in [0.25, 0.3) is 0 Å². The smallest absolute Gasteiger partial charge is 0.306 e. The van der Waals surface area contributed by atoms with Gasteiger partial charge < -0.3 is 14.2 Å². The predicted molar refractivity (Wildman–Crippen MR) is 325 cm³/mol. The van der Waals surface area contributed by atoms with E-state index >= 15 is 0 Å². The molecule has 0 aliphatic heterocycles. The monoisotopic (exact) mass is 1030 g/mol. The average molecular weight is 1030 g/mol. The number of allylic oxidation sites excluding steroid dienone is 28. The van der Waals surface area contributed by atoms with Gasteiger partial charge in [0, 0.05) is 19.3 Å². The second-order valence-corrected chi connectivity index (χ2v) is 18.8. The zero-order valence-corrected chi connectivity index (χ0v) is 47.7. The van der Waals surface area contributed by atoms with Gasteiger partial charge >= 0.3 is 17.9 Å². The van der Waals surface area contributed by atoms with Crippen LogP contribution >= 0.6 is 0 Å². The van der Waals surface area contributed by atoms with Crippen molar-refractivity contribution in [1.29, 1.82) is 0 Å². The highest BCUT2D eigenvalue weighted by molar-refractivity contribution is 5.71. The number of rotatable bonds is 51. The summed E-state index contributed by atoms with van der Waals surface area (Å²) in [4.78, 5) is 38.2. The molecule has 0 radical (unpaired) electrons. The summed E-state index contributed by atoms with van der Waals surface area (Å²) in [6.07, 6.45) is 90.8. The number of unbranched alkanes of at least 4 members (excludes halogenated alkanes) is 12. The van der Waals surface area contributed by atoms with E-state index in [1.54, 1.807) is 0 Å². The van der Waals surface area contributed by atoms with Gasteiger partial charge in [-0.1, -0.05) is 242 Å². The Balaban J connectivity index is 4.63. The summed E-state index contributed by atoms with van der Waals surface area (Å²) in [5.41, 5.74) is 0. The Kier molecular flexibility index (Phi) is 57.0. The van der Waals surface area contributed by atoms with Crippen molar-refractivity contribution in [2.75, 3.05) is 13.2 Å². The Hall–Kier alpha value is -5.23. The fourth-order valence-corrected chi connectivity index (χ4v) is 7.33. The van der Waals surface area contributed by atoms with Crippen LogP contribution in [0, 0.1) is 0 Å². The second kappa shape index (κ2) is 61.3. The molecule has 0 heterocycles. The Morgan fingerprint density at radius 3 is 0.933 bits per heavy atom. The first kappa shape index (κ1) is 69.8. The number of ether oxygens (including phenoxy) is 3. The summed E-state index contributed by atoms with van der Waals surface area (Å²) in [6.45, 7) is 6.27. The number of carbonyl (C=O) groups is 3. The SMILES string of the molecule is CC/C=C\C/C=C\C/C=C\C/C=C\C/C=C\C/C=C\C/C=C\CCCC(=O)OCC(COC(=O)CCCCCCC/C=C\CCCCCCCC)OC(=O)CC/C=C\C/C=C\C/C=C\C/C=C\C/C=C\C/C=C\CC. The van der Waals surface area contributed by atoms with E-state index in [9.17, 15) is 14.4 Å². The summed E-state index contributed by atoms with van der Waals surface area (Å²) in [6, 6.07) is 0. The molecule has 0 N–H and O–H groups in total. The van der Waals surface area contributed by atoms with Crippen molar-refractivity contribution in [2.45, 2.75) is 232 Å². The van der Waals surface area contributed by atoms with E-state index < -0.39 is 12.1 Å². The van der Waals surface area contributed by atoms with Crippen LogP contribution in [0.3, 0.4) is 0 Å². The molecule has 1 atom stereocenters. The molecule has 75 heavy (non-hydrogen) atoms. The molecule has 0 rings (SSSR count). The van der Waals surface area contributed by atoms with E-state index in [0.717, 1.165) is 122 Å². The molecule has 0 amide bonds. The lowest BCUT2D eigenvalue weighted by molar-refractivity contribution is -0.166. The van der Waals surface area contributed by atoms with Gasteiger partial charge in [-0.2, -0.15) is 0 Å². The third-order valence-corrected chi connectivity index (χ3v) is 11.7. The van der Waals surface area contributed by atoms with Crippen LogP contribution in [-0.2, 0) is 28.6 Å². The predicted octanol–water partition coefficient (Wildman–Crippen LogP) is 20.3. The molecule has 0 saturated carbocycles. The topological polar surface area (TPSA) is 78.9 Å². The van der Waals surface area contributed by atoms with Crippen molar-refractivity contribution >= 4 is 17.9 Å². The van der Waals surface area contributed by atoms with Crippen LogP contribution in [0.2, 0.25) is 0 Å². The number of carbonyl (C=O) groups excluding carboxylic acids is 3. The summed E-state index contributed by atoms with van der Waals surface area (Å²) in [5.74, 6) is -1.10. The maximum atomic E-state index is 12.8. The molecule has 6 heteroatoms.